The number of hydrogen-bond acceptors (Lipinski definition) is 6. The summed E-state index contributed by atoms with van der Waals surface area (Å²) in [7, 11) is 1.92. The Labute approximate surface area is 204 Å². The van der Waals surface area contributed by atoms with Crippen LogP contribution in [0.4, 0.5) is 0 Å². The number of pyridine rings is 1. The molecule has 2 aromatic heterocycles. The highest BCUT2D eigenvalue weighted by molar-refractivity contribution is 7.99. The Kier molecular flexibility index (Phi) is 8.20. The minimum Gasteiger partial charge on any atom is -0.339 e. The normalized spacial score (nSPS) is 17.7. The van der Waals surface area contributed by atoms with Crippen LogP contribution in [0.5, 0.6) is 0 Å². The number of thiazole rings is 1. The Balaban J connectivity index is 1.35. The van der Waals surface area contributed by atoms with E-state index in [0.29, 0.717) is 36.3 Å². The van der Waals surface area contributed by atoms with Crippen LogP contribution in [0, 0.1) is 0 Å². The summed E-state index contributed by atoms with van der Waals surface area (Å²) in [4.78, 5) is 39.0. The number of likely N-dealkylation sites (tertiary alicyclic amines) is 1. The fraction of sp³-hybridized carbons (Fsp3) is 0.520. The van der Waals surface area contributed by atoms with Gasteiger partial charge < -0.3 is 9.80 Å². The Bertz CT molecular complexity index is 978. The molecule has 1 saturated heterocycles. The first-order valence-electron chi connectivity index (χ1n) is 11.8. The molecule has 1 aliphatic heterocycles. The minimum atomic E-state index is 0.0391. The van der Waals surface area contributed by atoms with Crippen molar-refractivity contribution in [1.29, 1.82) is 0 Å². The molecule has 0 radical (unpaired) electrons. The van der Waals surface area contributed by atoms with Gasteiger partial charge in [-0.3, -0.25) is 9.59 Å². The number of amides is 2. The quantitative estimate of drug-likeness (QED) is 0.397. The summed E-state index contributed by atoms with van der Waals surface area (Å²) in [5.74, 6) is 1.10. The molecule has 2 amide bonds. The largest absolute Gasteiger partial charge is 0.339 e. The molecule has 0 N–H and O–H groups in total. The van der Waals surface area contributed by atoms with Crippen molar-refractivity contribution < 1.29 is 9.59 Å². The van der Waals surface area contributed by atoms with Gasteiger partial charge in [0.15, 0.2) is 0 Å². The second-order valence-electron chi connectivity index (χ2n) is 8.80. The van der Waals surface area contributed by atoms with Gasteiger partial charge in [-0.05, 0) is 37.8 Å². The molecule has 0 spiro atoms. The predicted molar refractivity (Wildman–Crippen MR) is 134 cm³/mol. The van der Waals surface area contributed by atoms with E-state index in [-0.39, 0.29) is 11.8 Å². The summed E-state index contributed by atoms with van der Waals surface area (Å²) < 4.78 is 0. The fourth-order valence-electron chi connectivity index (χ4n) is 4.69. The fourth-order valence-corrected chi connectivity index (χ4v) is 6.38. The van der Waals surface area contributed by atoms with E-state index in [1.807, 2.05) is 40.4 Å². The van der Waals surface area contributed by atoms with Crippen molar-refractivity contribution >= 4 is 34.9 Å². The average molecular weight is 485 g/mol. The third kappa shape index (κ3) is 5.66. The van der Waals surface area contributed by atoms with Gasteiger partial charge in [0.2, 0.25) is 0 Å². The molecule has 176 valence electrons. The maximum Gasteiger partial charge on any atom is 0.273 e. The molecular weight excluding hydrogens is 452 g/mol. The Morgan fingerprint density at radius 3 is 2.73 bits per heavy atom. The summed E-state index contributed by atoms with van der Waals surface area (Å²) in [5.41, 5.74) is 1.23. The van der Waals surface area contributed by atoms with Gasteiger partial charge in [-0.25, -0.2) is 9.97 Å². The first-order chi connectivity index (χ1) is 16.1. The van der Waals surface area contributed by atoms with E-state index in [1.54, 1.807) is 17.5 Å². The Morgan fingerprint density at radius 2 is 2.00 bits per heavy atom. The second-order valence-corrected chi connectivity index (χ2v) is 10.7. The van der Waals surface area contributed by atoms with E-state index >= 15 is 0 Å². The highest BCUT2D eigenvalue weighted by atomic mass is 32.2. The van der Waals surface area contributed by atoms with E-state index in [9.17, 15) is 9.59 Å². The third-order valence-corrected chi connectivity index (χ3v) is 8.66. The SMILES string of the molecule is C=CCSc1ncccc1C(=O)N1CCC(c2nc(C(=O)N(C)C3CCCCC3)cs2)CC1. The van der Waals surface area contributed by atoms with Gasteiger partial charge in [-0.2, -0.15) is 0 Å². The number of carbonyl (C=O) groups is 2. The molecule has 33 heavy (non-hydrogen) atoms. The second kappa shape index (κ2) is 11.3. The van der Waals surface area contributed by atoms with Crippen LogP contribution in [-0.4, -0.2) is 63.5 Å². The first kappa shape index (κ1) is 24.0. The van der Waals surface area contributed by atoms with Crippen molar-refractivity contribution in [3.05, 3.63) is 52.6 Å². The van der Waals surface area contributed by atoms with Crippen molar-refractivity contribution in [2.75, 3.05) is 25.9 Å². The summed E-state index contributed by atoms with van der Waals surface area (Å²) in [6.07, 6.45) is 11.1. The number of thioether (sulfide) groups is 1. The number of carbonyl (C=O) groups excluding carboxylic acids is 2. The predicted octanol–water partition coefficient (Wildman–Crippen LogP) is 5.24. The molecule has 1 aliphatic carbocycles. The van der Waals surface area contributed by atoms with Crippen LogP contribution in [-0.2, 0) is 0 Å². The smallest absolute Gasteiger partial charge is 0.273 e. The van der Waals surface area contributed by atoms with Gasteiger partial charge in [0.05, 0.1) is 10.6 Å². The molecule has 8 heteroatoms. The molecule has 0 unspecified atom stereocenters. The lowest BCUT2D eigenvalue weighted by atomic mass is 9.94. The lowest BCUT2D eigenvalue weighted by molar-refractivity contribution is 0.0690. The lowest BCUT2D eigenvalue weighted by Crippen LogP contribution is -2.39. The third-order valence-electron chi connectivity index (χ3n) is 6.65. The zero-order valence-electron chi connectivity index (χ0n) is 19.2. The van der Waals surface area contributed by atoms with E-state index in [1.165, 1.54) is 31.0 Å². The number of hydrogen-bond donors (Lipinski definition) is 0. The maximum absolute atomic E-state index is 13.1. The molecule has 0 atom stereocenters. The van der Waals surface area contributed by atoms with Crippen molar-refractivity contribution in [3.63, 3.8) is 0 Å². The van der Waals surface area contributed by atoms with Crippen LogP contribution >= 0.6 is 23.1 Å². The molecule has 0 bridgehead atoms. The zero-order chi connectivity index (χ0) is 23.2. The van der Waals surface area contributed by atoms with Gasteiger partial charge in [0.25, 0.3) is 11.8 Å². The molecule has 2 aliphatic rings. The Morgan fingerprint density at radius 1 is 1.24 bits per heavy atom. The molecule has 6 nitrogen and oxygen atoms in total. The van der Waals surface area contributed by atoms with Gasteiger partial charge in [0.1, 0.15) is 10.7 Å². The van der Waals surface area contributed by atoms with Crippen LogP contribution in [0.15, 0.2) is 41.4 Å². The highest BCUT2D eigenvalue weighted by Crippen LogP contribution is 2.32. The summed E-state index contributed by atoms with van der Waals surface area (Å²) >= 11 is 3.11. The van der Waals surface area contributed by atoms with Crippen molar-refractivity contribution in [2.24, 2.45) is 0 Å². The van der Waals surface area contributed by atoms with Crippen LogP contribution in [0.25, 0.3) is 0 Å². The molecule has 0 aromatic carbocycles. The maximum atomic E-state index is 13.1. The number of aromatic nitrogens is 2. The first-order valence-corrected chi connectivity index (χ1v) is 13.7. The number of nitrogens with zero attached hydrogens (tertiary/aromatic N) is 4. The molecule has 2 aromatic rings. The van der Waals surface area contributed by atoms with Crippen molar-refractivity contribution in [3.8, 4) is 0 Å². The zero-order valence-corrected chi connectivity index (χ0v) is 20.9. The van der Waals surface area contributed by atoms with E-state index in [4.69, 9.17) is 4.98 Å². The molecule has 1 saturated carbocycles. The van der Waals surface area contributed by atoms with E-state index in [0.717, 1.165) is 41.5 Å². The van der Waals surface area contributed by atoms with Crippen molar-refractivity contribution in [2.45, 2.75) is 61.9 Å². The molecule has 3 heterocycles. The highest BCUT2D eigenvalue weighted by Gasteiger charge is 2.29. The van der Waals surface area contributed by atoms with E-state index < -0.39 is 0 Å². The lowest BCUT2D eigenvalue weighted by Gasteiger charge is -2.31. The van der Waals surface area contributed by atoms with Gasteiger partial charge in [-0.15, -0.1) is 29.7 Å². The van der Waals surface area contributed by atoms with Crippen molar-refractivity contribution in [1.82, 2.24) is 19.8 Å². The van der Waals surface area contributed by atoms with Crippen LogP contribution in [0.1, 0.15) is 76.7 Å². The summed E-state index contributed by atoms with van der Waals surface area (Å²) in [6, 6.07) is 4.01. The van der Waals surface area contributed by atoms with Gasteiger partial charge in [-0.1, -0.05) is 25.3 Å². The van der Waals surface area contributed by atoms with Crippen LogP contribution < -0.4 is 0 Å². The summed E-state index contributed by atoms with van der Waals surface area (Å²) in [5, 5.41) is 3.69. The Hall–Kier alpha value is -2.19. The average Bonchev–Trinajstić information content (AvgIpc) is 3.37. The van der Waals surface area contributed by atoms with Crippen LogP contribution in [0.3, 0.4) is 0 Å². The molecule has 2 fully saturated rings. The number of piperidine rings is 1. The molecular formula is C25H32N4O2S2. The summed E-state index contributed by atoms with van der Waals surface area (Å²) in [6.45, 7) is 5.13. The minimum absolute atomic E-state index is 0.0391. The molecule has 4 rings (SSSR count). The van der Waals surface area contributed by atoms with Crippen LogP contribution in [0.2, 0.25) is 0 Å². The standard InChI is InChI=1S/C25H32N4O2S2/c1-3-16-32-23-20(10-7-13-26-23)24(30)29-14-11-18(12-15-29)22-27-21(17-33-22)25(31)28(2)19-8-5-4-6-9-19/h3,7,10,13,17-19H,1,4-6,8-9,11-12,14-16H2,2H3. The number of rotatable bonds is 7. The van der Waals surface area contributed by atoms with Gasteiger partial charge >= 0.3 is 0 Å². The van der Waals surface area contributed by atoms with E-state index in [2.05, 4.69) is 11.6 Å². The monoisotopic (exact) mass is 484 g/mol. The topological polar surface area (TPSA) is 66.4 Å². The van der Waals surface area contributed by atoms with Gasteiger partial charge in [0, 0.05) is 49.4 Å².